The van der Waals surface area contributed by atoms with Crippen molar-refractivity contribution in [1.29, 1.82) is 0 Å². The Kier molecular flexibility index (Phi) is 2.57. The Morgan fingerprint density at radius 3 is 3.00 bits per heavy atom. The fourth-order valence-electron chi connectivity index (χ4n) is 0.552. The van der Waals surface area contributed by atoms with Crippen molar-refractivity contribution >= 4 is 12.0 Å². The van der Waals surface area contributed by atoms with Gasteiger partial charge in [-0.05, 0) is 17.4 Å². The topological polar surface area (TPSA) is 86.8 Å². The van der Waals surface area contributed by atoms with Crippen LogP contribution in [0.15, 0.2) is 0 Å². The number of carbonyl (C=O) groups is 1. The molecule has 0 saturated carbocycles. The van der Waals surface area contributed by atoms with Crippen molar-refractivity contribution in [3.63, 3.8) is 0 Å². The Bertz CT molecular complexity index is 244. The van der Waals surface area contributed by atoms with Crippen LogP contribution in [0.25, 0.3) is 0 Å². The number of tetrazole rings is 1. The van der Waals surface area contributed by atoms with Gasteiger partial charge in [0.2, 0.25) is 5.95 Å². The summed E-state index contributed by atoms with van der Waals surface area (Å²) in [6, 6.07) is -0.240. The van der Waals surface area contributed by atoms with E-state index in [4.69, 9.17) is 0 Å². The van der Waals surface area contributed by atoms with Gasteiger partial charge in [-0.25, -0.2) is 9.89 Å². The molecule has 0 saturated heterocycles. The first-order chi connectivity index (χ1) is 5.74. The Morgan fingerprint density at radius 1 is 1.75 bits per heavy atom. The average molecular weight is 170 g/mol. The van der Waals surface area contributed by atoms with Gasteiger partial charge in [0.05, 0.1) is 0 Å². The Balaban J connectivity index is 2.47. The van der Waals surface area contributed by atoms with Gasteiger partial charge in [-0.1, -0.05) is 5.10 Å². The van der Waals surface area contributed by atoms with E-state index >= 15 is 0 Å². The summed E-state index contributed by atoms with van der Waals surface area (Å²) in [4.78, 5) is 12.6. The Hall–Kier alpha value is -1.66. The molecule has 0 aliphatic heterocycles. The van der Waals surface area contributed by atoms with E-state index in [0.29, 0.717) is 6.54 Å². The second kappa shape index (κ2) is 3.65. The molecule has 1 aromatic rings. The molecule has 1 aromatic heterocycles. The lowest BCUT2D eigenvalue weighted by atomic mass is 10.6. The molecule has 7 heteroatoms. The molecule has 0 aromatic carbocycles. The summed E-state index contributed by atoms with van der Waals surface area (Å²) in [6.45, 7) is 2.51. The fourth-order valence-corrected chi connectivity index (χ4v) is 0.552. The first kappa shape index (κ1) is 8.44. The van der Waals surface area contributed by atoms with E-state index in [2.05, 4.69) is 25.9 Å². The first-order valence-electron chi connectivity index (χ1n) is 3.50. The number of H-pyrrole nitrogens is 1. The summed E-state index contributed by atoms with van der Waals surface area (Å²) in [5, 5.41) is 15.0. The standard InChI is InChI=1S/C5H10N6O/c1-3-11(2)5(12)6-4-7-9-10-8-4/h3H2,1-2H3,(H2,6,7,8,9,10,12). The Labute approximate surface area is 69.1 Å². The van der Waals surface area contributed by atoms with Crippen LogP contribution in [0.4, 0.5) is 10.7 Å². The van der Waals surface area contributed by atoms with Crippen molar-refractivity contribution in [2.75, 3.05) is 18.9 Å². The smallest absolute Gasteiger partial charge is 0.323 e. The third kappa shape index (κ3) is 1.91. The summed E-state index contributed by atoms with van der Waals surface area (Å²) in [6.07, 6.45) is 0. The van der Waals surface area contributed by atoms with E-state index in [0.717, 1.165) is 0 Å². The van der Waals surface area contributed by atoms with Gasteiger partial charge in [-0.2, -0.15) is 0 Å². The monoisotopic (exact) mass is 170 g/mol. The van der Waals surface area contributed by atoms with Gasteiger partial charge in [0.15, 0.2) is 0 Å². The number of aromatic amines is 1. The van der Waals surface area contributed by atoms with Crippen LogP contribution in [0.2, 0.25) is 0 Å². The third-order valence-corrected chi connectivity index (χ3v) is 1.39. The maximum absolute atomic E-state index is 11.1. The summed E-state index contributed by atoms with van der Waals surface area (Å²) in [7, 11) is 1.68. The summed E-state index contributed by atoms with van der Waals surface area (Å²) < 4.78 is 0. The zero-order valence-corrected chi connectivity index (χ0v) is 6.90. The molecule has 66 valence electrons. The average Bonchev–Trinajstić information content (AvgIpc) is 2.55. The molecule has 1 rings (SSSR count). The van der Waals surface area contributed by atoms with Crippen LogP contribution >= 0.6 is 0 Å². The van der Waals surface area contributed by atoms with Gasteiger partial charge >= 0.3 is 6.03 Å². The minimum absolute atomic E-state index is 0.240. The molecule has 12 heavy (non-hydrogen) atoms. The number of carbonyl (C=O) groups excluding carboxylic acids is 1. The Morgan fingerprint density at radius 2 is 2.50 bits per heavy atom. The van der Waals surface area contributed by atoms with Gasteiger partial charge in [-0.15, -0.1) is 0 Å². The van der Waals surface area contributed by atoms with E-state index in [1.54, 1.807) is 7.05 Å². The predicted molar refractivity (Wildman–Crippen MR) is 41.5 cm³/mol. The molecule has 2 N–H and O–H groups in total. The molecular weight excluding hydrogens is 160 g/mol. The molecule has 0 spiro atoms. The third-order valence-electron chi connectivity index (χ3n) is 1.39. The fraction of sp³-hybridized carbons (Fsp3) is 0.600. The normalized spacial score (nSPS) is 9.50. The minimum Gasteiger partial charge on any atom is -0.328 e. The molecule has 0 radical (unpaired) electrons. The van der Waals surface area contributed by atoms with Crippen LogP contribution in [-0.2, 0) is 0 Å². The first-order valence-corrected chi connectivity index (χ1v) is 3.50. The number of rotatable bonds is 2. The van der Waals surface area contributed by atoms with Crippen LogP contribution in [0.3, 0.4) is 0 Å². The number of amides is 2. The van der Waals surface area contributed by atoms with Crippen molar-refractivity contribution in [3.8, 4) is 0 Å². The van der Waals surface area contributed by atoms with Gasteiger partial charge in [0.25, 0.3) is 0 Å². The number of aromatic nitrogens is 4. The van der Waals surface area contributed by atoms with Crippen molar-refractivity contribution in [3.05, 3.63) is 0 Å². The highest BCUT2D eigenvalue weighted by molar-refractivity contribution is 5.86. The van der Waals surface area contributed by atoms with E-state index in [-0.39, 0.29) is 12.0 Å². The van der Waals surface area contributed by atoms with Crippen LogP contribution in [0, 0.1) is 0 Å². The SMILES string of the molecule is CCN(C)C(=O)Nc1nnn[nH]1. The number of nitrogens with zero attached hydrogens (tertiary/aromatic N) is 4. The number of anilines is 1. The van der Waals surface area contributed by atoms with Crippen LogP contribution in [0.1, 0.15) is 6.92 Å². The molecule has 0 atom stereocenters. The second-order valence-electron chi connectivity index (χ2n) is 2.19. The number of urea groups is 1. The lowest BCUT2D eigenvalue weighted by Gasteiger charge is -2.13. The van der Waals surface area contributed by atoms with Crippen LogP contribution in [-0.4, -0.2) is 45.1 Å². The maximum Gasteiger partial charge on any atom is 0.323 e. The summed E-state index contributed by atoms with van der Waals surface area (Å²) in [5.74, 6) is 0.250. The zero-order valence-electron chi connectivity index (χ0n) is 6.90. The summed E-state index contributed by atoms with van der Waals surface area (Å²) >= 11 is 0. The van der Waals surface area contributed by atoms with Gasteiger partial charge in [0, 0.05) is 13.6 Å². The lowest BCUT2D eigenvalue weighted by Crippen LogP contribution is -2.31. The lowest BCUT2D eigenvalue weighted by molar-refractivity contribution is 0.224. The van der Waals surface area contributed by atoms with E-state index < -0.39 is 0 Å². The van der Waals surface area contributed by atoms with E-state index in [9.17, 15) is 4.79 Å². The highest BCUT2D eigenvalue weighted by Gasteiger charge is 2.07. The molecule has 0 unspecified atom stereocenters. The maximum atomic E-state index is 11.1. The van der Waals surface area contributed by atoms with E-state index in [1.165, 1.54) is 4.90 Å². The number of hydrogen-bond acceptors (Lipinski definition) is 4. The van der Waals surface area contributed by atoms with Crippen LogP contribution in [0.5, 0.6) is 0 Å². The zero-order chi connectivity index (χ0) is 8.97. The summed E-state index contributed by atoms with van der Waals surface area (Å²) in [5.41, 5.74) is 0. The molecule has 0 aliphatic carbocycles. The highest BCUT2D eigenvalue weighted by atomic mass is 16.2. The predicted octanol–water partition coefficient (Wildman–Crippen LogP) is -0.317. The molecule has 1 heterocycles. The quantitative estimate of drug-likeness (QED) is 0.637. The van der Waals surface area contributed by atoms with Crippen molar-refractivity contribution < 1.29 is 4.79 Å². The van der Waals surface area contributed by atoms with E-state index in [1.807, 2.05) is 6.92 Å². The minimum atomic E-state index is -0.240. The molecular formula is C5H10N6O. The van der Waals surface area contributed by atoms with Crippen LogP contribution < -0.4 is 5.32 Å². The molecule has 7 nitrogen and oxygen atoms in total. The van der Waals surface area contributed by atoms with Crippen molar-refractivity contribution in [1.82, 2.24) is 25.5 Å². The second-order valence-corrected chi connectivity index (χ2v) is 2.19. The molecule has 0 bridgehead atoms. The molecule has 0 fully saturated rings. The molecule has 2 amide bonds. The van der Waals surface area contributed by atoms with Gasteiger partial charge in [-0.3, -0.25) is 5.32 Å². The number of nitrogens with one attached hydrogen (secondary N) is 2. The highest BCUT2D eigenvalue weighted by Crippen LogP contribution is 1.93. The molecule has 0 aliphatic rings. The van der Waals surface area contributed by atoms with Crippen molar-refractivity contribution in [2.45, 2.75) is 6.92 Å². The number of hydrogen-bond donors (Lipinski definition) is 2. The van der Waals surface area contributed by atoms with Crippen molar-refractivity contribution in [2.24, 2.45) is 0 Å². The van der Waals surface area contributed by atoms with Gasteiger partial charge in [0.1, 0.15) is 0 Å². The largest absolute Gasteiger partial charge is 0.328 e. The van der Waals surface area contributed by atoms with Gasteiger partial charge < -0.3 is 4.90 Å².